The molecule has 0 radical (unpaired) electrons. The molecule has 0 fully saturated rings. The van der Waals surface area contributed by atoms with E-state index in [9.17, 15) is 0 Å². The van der Waals surface area contributed by atoms with Crippen LogP contribution in [0.2, 0.25) is 0 Å². The predicted molar refractivity (Wildman–Crippen MR) is 84.4 cm³/mol. The van der Waals surface area contributed by atoms with E-state index in [0.29, 0.717) is 0 Å². The molecule has 1 aromatic rings. The first kappa shape index (κ1) is 15.8. The van der Waals surface area contributed by atoms with E-state index < -0.39 is 0 Å². The Hall–Kier alpha value is -0.290. The summed E-state index contributed by atoms with van der Waals surface area (Å²) in [5.41, 5.74) is 1.33. The molecule has 1 rings (SSSR count). The van der Waals surface area contributed by atoms with Crippen molar-refractivity contribution in [1.82, 2.24) is 0 Å². The van der Waals surface area contributed by atoms with Crippen LogP contribution in [0, 0.1) is 3.57 Å². The highest BCUT2D eigenvalue weighted by Gasteiger charge is 2.03. The third kappa shape index (κ3) is 6.05. The highest BCUT2D eigenvalue weighted by Crippen LogP contribution is 2.23. The van der Waals surface area contributed by atoms with Gasteiger partial charge in [0.05, 0.1) is 7.11 Å². The van der Waals surface area contributed by atoms with E-state index in [1.54, 1.807) is 14.2 Å². The summed E-state index contributed by atoms with van der Waals surface area (Å²) in [5.74, 6) is 1.02. The van der Waals surface area contributed by atoms with Gasteiger partial charge in [0.25, 0.3) is 0 Å². The number of rotatable bonds is 9. The molecule has 0 atom stereocenters. The van der Waals surface area contributed by atoms with E-state index in [1.165, 1.54) is 41.2 Å². The van der Waals surface area contributed by atoms with E-state index >= 15 is 0 Å². The topological polar surface area (TPSA) is 18.5 Å². The Kier molecular flexibility index (Phi) is 8.42. The molecule has 102 valence electrons. The number of unbranched alkanes of at least 4 members (excludes halogenated alkanes) is 4. The maximum Gasteiger partial charge on any atom is 0.122 e. The summed E-state index contributed by atoms with van der Waals surface area (Å²) >= 11 is 2.35. The Morgan fingerprint density at radius 2 is 1.72 bits per heavy atom. The van der Waals surface area contributed by atoms with E-state index in [0.717, 1.165) is 18.8 Å². The lowest BCUT2D eigenvalue weighted by Gasteiger charge is -2.09. The fourth-order valence-corrected chi connectivity index (χ4v) is 2.59. The van der Waals surface area contributed by atoms with E-state index in [2.05, 4.69) is 40.8 Å². The van der Waals surface area contributed by atoms with Crippen molar-refractivity contribution < 1.29 is 9.47 Å². The average Bonchev–Trinajstić information content (AvgIpc) is 2.38. The molecule has 2 nitrogen and oxygen atoms in total. The first-order valence-electron chi connectivity index (χ1n) is 6.59. The molecule has 0 heterocycles. The largest absolute Gasteiger partial charge is 0.496 e. The molecule has 0 aliphatic carbocycles. The summed E-state index contributed by atoms with van der Waals surface area (Å²) in [6.07, 6.45) is 7.40. The third-order valence-corrected chi connectivity index (χ3v) is 3.71. The third-order valence-electron chi connectivity index (χ3n) is 3.04. The number of hydrogen-bond donors (Lipinski definition) is 0. The van der Waals surface area contributed by atoms with Crippen LogP contribution in [0.15, 0.2) is 18.2 Å². The molecule has 0 N–H and O–H groups in total. The fraction of sp³-hybridized carbons (Fsp3) is 0.600. The molecule has 18 heavy (non-hydrogen) atoms. The molecule has 1 aromatic carbocycles. The highest BCUT2D eigenvalue weighted by molar-refractivity contribution is 14.1. The summed E-state index contributed by atoms with van der Waals surface area (Å²) in [5, 5.41) is 0. The van der Waals surface area contributed by atoms with Crippen molar-refractivity contribution in [3.05, 3.63) is 27.3 Å². The van der Waals surface area contributed by atoms with Crippen LogP contribution in [0.3, 0.4) is 0 Å². The number of halogens is 1. The van der Waals surface area contributed by atoms with Crippen LogP contribution in [-0.2, 0) is 11.2 Å². The van der Waals surface area contributed by atoms with Crippen LogP contribution in [-0.4, -0.2) is 20.8 Å². The Balaban J connectivity index is 2.24. The van der Waals surface area contributed by atoms with Crippen LogP contribution in [0.5, 0.6) is 5.75 Å². The second-order valence-corrected chi connectivity index (χ2v) is 5.71. The lowest BCUT2D eigenvalue weighted by Crippen LogP contribution is -1.94. The lowest BCUT2D eigenvalue weighted by molar-refractivity contribution is 0.192. The second kappa shape index (κ2) is 9.62. The monoisotopic (exact) mass is 362 g/mol. The van der Waals surface area contributed by atoms with Gasteiger partial charge in [0.15, 0.2) is 0 Å². The first-order chi connectivity index (χ1) is 8.77. The van der Waals surface area contributed by atoms with Gasteiger partial charge < -0.3 is 9.47 Å². The van der Waals surface area contributed by atoms with E-state index in [1.807, 2.05) is 0 Å². The quantitative estimate of drug-likeness (QED) is 0.478. The zero-order chi connectivity index (χ0) is 13.2. The van der Waals surface area contributed by atoms with Crippen molar-refractivity contribution in [3.8, 4) is 5.75 Å². The van der Waals surface area contributed by atoms with Gasteiger partial charge in [-0.05, 0) is 65.6 Å². The molecule has 0 amide bonds. The Labute approximate surface area is 124 Å². The minimum absolute atomic E-state index is 0.894. The predicted octanol–water partition coefficient (Wildman–Crippen LogP) is 4.44. The Morgan fingerprint density at radius 1 is 1.00 bits per heavy atom. The molecular weight excluding hydrogens is 339 g/mol. The van der Waals surface area contributed by atoms with Crippen LogP contribution >= 0.6 is 22.6 Å². The van der Waals surface area contributed by atoms with Crippen LogP contribution < -0.4 is 4.74 Å². The number of hydrogen-bond acceptors (Lipinski definition) is 2. The molecule has 3 heteroatoms. The van der Waals surface area contributed by atoms with Crippen molar-refractivity contribution in [2.24, 2.45) is 0 Å². The van der Waals surface area contributed by atoms with Gasteiger partial charge in [-0.15, -0.1) is 0 Å². The van der Waals surface area contributed by atoms with Gasteiger partial charge in [0.1, 0.15) is 5.75 Å². The minimum atomic E-state index is 0.894. The molecule has 0 aliphatic rings. The van der Waals surface area contributed by atoms with Gasteiger partial charge >= 0.3 is 0 Å². The maximum absolute atomic E-state index is 5.39. The molecular formula is C15H23IO2. The normalized spacial score (nSPS) is 10.6. The van der Waals surface area contributed by atoms with Crippen LogP contribution in [0.1, 0.15) is 37.7 Å². The molecule has 0 bridgehead atoms. The SMILES string of the molecule is COCCCCCCCc1cc(I)ccc1OC. The number of benzene rings is 1. The van der Waals surface area contributed by atoms with Gasteiger partial charge in [0, 0.05) is 17.3 Å². The maximum atomic E-state index is 5.39. The molecule has 0 saturated carbocycles. The fourth-order valence-electron chi connectivity index (χ4n) is 2.03. The first-order valence-corrected chi connectivity index (χ1v) is 7.67. The highest BCUT2D eigenvalue weighted by atomic mass is 127. The molecule has 0 spiro atoms. The van der Waals surface area contributed by atoms with Crippen molar-refractivity contribution in [2.75, 3.05) is 20.8 Å². The summed E-state index contributed by atoms with van der Waals surface area (Å²) in [6.45, 7) is 0.894. The molecule has 0 aliphatic heterocycles. The van der Waals surface area contributed by atoms with Crippen LogP contribution in [0.4, 0.5) is 0 Å². The standard InChI is InChI=1S/C15H23IO2/c1-17-11-7-5-3-4-6-8-13-12-14(16)9-10-15(13)18-2/h9-10,12H,3-8,11H2,1-2H3. The zero-order valence-corrected chi connectivity index (χ0v) is 13.5. The summed E-state index contributed by atoms with van der Waals surface area (Å²) in [4.78, 5) is 0. The van der Waals surface area contributed by atoms with Crippen molar-refractivity contribution in [1.29, 1.82) is 0 Å². The van der Waals surface area contributed by atoms with Gasteiger partial charge in [-0.2, -0.15) is 0 Å². The van der Waals surface area contributed by atoms with Gasteiger partial charge in [-0.25, -0.2) is 0 Å². The number of ether oxygens (including phenoxy) is 2. The lowest BCUT2D eigenvalue weighted by atomic mass is 10.0. The number of methoxy groups -OCH3 is 2. The van der Waals surface area contributed by atoms with Gasteiger partial charge in [-0.3, -0.25) is 0 Å². The molecule has 0 saturated heterocycles. The average molecular weight is 362 g/mol. The van der Waals surface area contributed by atoms with Crippen LogP contribution in [0.25, 0.3) is 0 Å². The van der Waals surface area contributed by atoms with E-state index in [4.69, 9.17) is 9.47 Å². The smallest absolute Gasteiger partial charge is 0.122 e. The summed E-state index contributed by atoms with van der Waals surface area (Å²) < 4.78 is 11.7. The molecule has 0 aromatic heterocycles. The van der Waals surface area contributed by atoms with Crippen molar-refractivity contribution in [3.63, 3.8) is 0 Å². The second-order valence-electron chi connectivity index (χ2n) is 4.47. The van der Waals surface area contributed by atoms with Crippen molar-refractivity contribution in [2.45, 2.75) is 38.5 Å². The summed E-state index contributed by atoms with van der Waals surface area (Å²) in [6, 6.07) is 6.38. The van der Waals surface area contributed by atoms with E-state index in [-0.39, 0.29) is 0 Å². The Morgan fingerprint density at radius 3 is 2.44 bits per heavy atom. The van der Waals surface area contributed by atoms with Gasteiger partial charge in [-0.1, -0.05) is 19.3 Å². The zero-order valence-electron chi connectivity index (χ0n) is 11.4. The molecule has 0 unspecified atom stereocenters. The summed E-state index contributed by atoms with van der Waals surface area (Å²) in [7, 11) is 3.51. The van der Waals surface area contributed by atoms with Crippen molar-refractivity contribution >= 4 is 22.6 Å². The van der Waals surface area contributed by atoms with Gasteiger partial charge in [0.2, 0.25) is 0 Å². The minimum Gasteiger partial charge on any atom is -0.496 e. The Bertz CT molecular complexity index is 339. The number of aryl methyl sites for hydroxylation is 1.